The highest BCUT2D eigenvalue weighted by Gasteiger charge is 2.18. The van der Waals surface area contributed by atoms with E-state index in [-0.39, 0.29) is 0 Å². The van der Waals surface area contributed by atoms with Gasteiger partial charge in [0.15, 0.2) is 0 Å². The lowest BCUT2D eigenvalue weighted by molar-refractivity contribution is 0.0596. The van der Waals surface area contributed by atoms with Gasteiger partial charge in [-0.3, -0.25) is 0 Å². The molecule has 0 saturated heterocycles. The van der Waals surface area contributed by atoms with Gasteiger partial charge in [0.05, 0.1) is 25.9 Å². The van der Waals surface area contributed by atoms with Gasteiger partial charge in [0.1, 0.15) is 11.3 Å². The maximum absolute atomic E-state index is 11.5. The van der Waals surface area contributed by atoms with Gasteiger partial charge in [-0.2, -0.15) is 5.26 Å². The van der Waals surface area contributed by atoms with Gasteiger partial charge in [-0.1, -0.05) is 0 Å². The van der Waals surface area contributed by atoms with Gasteiger partial charge in [-0.15, -0.1) is 0 Å². The van der Waals surface area contributed by atoms with Crippen LogP contribution in [-0.2, 0) is 4.74 Å². The molecular formula is C11H11NO3. The molecule has 0 heterocycles. The van der Waals surface area contributed by atoms with Gasteiger partial charge in [0, 0.05) is 0 Å². The third kappa shape index (κ3) is 1.91. The van der Waals surface area contributed by atoms with Crippen molar-refractivity contribution < 1.29 is 14.3 Å². The molecule has 4 heteroatoms. The van der Waals surface area contributed by atoms with E-state index in [0.717, 1.165) is 0 Å². The fourth-order valence-electron chi connectivity index (χ4n) is 1.33. The second-order valence-electron chi connectivity index (χ2n) is 2.92. The van der Waals surface area contributed by atoms with Crippen LogP contribution in [0.2, 0.25) is 0 Å². The summed E-state index contributed by atoms with van der Waals surface area (Å²) >= 11 is 0. The number of carbonyl (C=O) groups excluding carboxylic acids is 1. The minimum atomic E-state index is -0.499. The van der Waals surface area contributed by atoms with Crippen molar-refractivity contribution in [3.63, 3.8) is 0 Å². The average molecular weight is 205 g/mol. The number of carbonyl (C=O) groups is 1. The lowest BCUT2D eigenvalue weighted by atomic mass is 10.0. The zero-order valence-electron chi connectivity index (χ0n) is 8.83. The van der Waals surface area contributed by atoms with Gasteiger partial charge >= 0.3 is 5.97 Å². The first-order chi connectivity index (χ1) is 7.15. The van der Waals surface area contributed by atoms with Crippen molar-refractivity contribution in [2.75, 3.05) is 14.2 Å². The van der Waals surface area contributed by atoms with E-state index < -0.39 is 5.97 Å². The van der Waals surface area contributed by atoms with Gasteiger partial charge in [-0.05, 0) is 24.6 Å². The summed E-state index contributed by atoms with van der Waals surface area (Å²) in [5.74, 6) is -0.0835. The molecule has 0 bridgehead atoms. The van der Waals surface area contributed by atoms with E-state index in [2.05, 4.69) is 4.74 Å². The van der Waals surface area contributed by atoms with Crippen molar-refractivity contribution in [3.8, 4) is 11.8 Å². The molecule has 0 saturated carbocycles. The second-order valence-corrected chi connectivity index (χ2v) is 2.92. The van der Waals surface area contributed by atoms with Crippen LogP contribution in [0.5, 0.6) is 5.75 Å². The van der Waals surface area contributed by atoms with E-state index in [1.165, 1.54) is 14.2 Å². The number of hydrogen-bond donors (Lipinski definition) is 0. The summed E-state index contributed by atoms with van der Waals surface area (Å²) in [5, 5.41) is 8.82. The highest BCUT2D eigenvalue weighted by atomic mass is 16.5. The third-order valence-electron chi connectivity index (χ3n) is 2.16. The zero-order valence-corrected chi connectivity index (χ0v) is 8.83. The summed E-state index contributed by atoms with van der Waals surface area (Å²) in [5.41, 5.74) is 1.32. The largest absolute Gasteiger partial charge is 0.496 e. The number of benzene rings is 1. The lowest BCUT2D eigenvalue weighted by Crippen LogP contribution is -2.07. The van der Waals surface area contributed by atoms with Crippen molar-refractivity contribution >= 4 is 5.97 Å². The highest BCUT2D eigenvalue weighted by Crippen LogP contribution is 2.25. The Morgan fingerprint density at radius 3 is 2.53 bits per heavy atom. The van der Waals surface area contributed by atoms with Gasteiger partial charge in [0.2, 0.25) is 0 Å². The number of hydrogen-bond acceptors (Lipinski definition) is 4. The highest BCUT2D eigenvalue weighted by molar-refractivity contribution is 5.94. The topological polar surface area (TPSA) is 59.3 Å². The van der Waals surface area contributed by atoms with E-state index in [0.29, 0.717) is 22.4 Å². The molecule has 0 unspecified atom stereocenters. The predicted molar refractivity (Wildman–Crippen MR) is 53.8 cm³/mol. The molecule has 0 fully saturated rings. The van der Waals surface area contributed by atoms with Crippen LogP contribution in [0.25, 0.3) is 0 Å². The normalized spacial score (nSPS) is 9.20. The van der Waals surface area contributed by atoms with Crippen molar-refractivity contribution in [2.45, 2.75) is 6.92 Å². The molecule has 0 N–H and O–H groups in total. The van der Waals surface area contributed by atoms with Gasteiger partial charge in [-0.25, -0.2) is 4.79 Å². The van der Waals surface area contributed by atoms with Crippen molar-refractivity contribution in [1.82, 2.24) is 0 Å². The summed E-state index contributed by atoms with van der Waals surface area (Å²) in [6.45, 7) is 1.69. The minimum Gasteiger partial charge on any atom is -0.496 e. The molecule has 4 nitrogen and oxygen atoms in total. The zero-order chi connectivity index (χ0) is 11.4. The van der Waals surface area contributed by atoms with Crippen LogP contribution in [0.15, 0.2) is 12.1 Å². The number of esters is 1. The van der Waals surface area contributed by atoms with Gasteiger partial charge in [0.25, 0.3) is 0 Å². The lowest BCUT2D eigenvalue weighted by Gasteiger charge is -2.10. The first kappa shape index (κ1) is 11.1. The summed E-state index contributed by atoms with van der Waals surface area (Å²) in [6, 6.07) is 5.20. The summed E-state index contributed by atoms with van der Waals surface area (Å²) in [6.07, 6.45) is 0. The first-order valence-corrected chi connectivity index (χ1v) is 4.31. The Kier molecular flexibility index (Phi) is 3.29. The predicted octanol–water partition coefficient (Wildman–Crippen LogP) is 1.66. The molecule has 0 amide bonds. The summed E-state index contributed by atoms with van der Waals surface area (Å²) in [7, 11) is 2.76. The van der Waals surface area contributed by atoms with E-state index in [1.807, 2.05) is 6.07 Å². The number of ether oxygens (including phenoxy) is 2. The fraction of sp³-hybridized carbons (Fsp3) is 0.273. The molecule has 0 aliphatic heterocycles. The quantitative estimate of drug-likeness (QED) is 0.689. The van der Waals surface area contributed by atoms with Crippen LogP contribution in [0.4, 0.5) is 0 Å². The Balaban J connectivity index is 3.44. The third-order valence-corrected chi connectivity index (χ3v) is 2.16. The summed E-state index contributed by atoms with van der Waals surface area (Å²) < 4.78 is 9.67. The Hall–Kier alpha value is -2.02. The Labute approximate surface area is 88.0 Å². The maximum Gasteiger partial charge on any atom is 0.341 e. The second kappa shape index (κ2) is 4.47. The Morgan fingerprint density at radius 1 is 1.40 bits per heavy atom. The Bertz CT molecular complexity index is 432. The van der Waals surface area contributed by atoms with E-state index in [4.69, 9.17) is 10.00 Å². The van der Waals surface area contributed by atoms with Crippen molar-refractivity contribution in [2.24, 2.45) is 0 Å². The van der Waals surface area contributed by atoms with Gasteiger partial charge < -0.3 is 9.47 Å². The minimum absolute atomic E-state index is 0.305. The summed E-state index contributed by atoms with van der Waals surface area (Å²) in [4.78, 5) is 11.5. The van der Waals surface area contributed by atoms with Crippen LogP contribution < -0.4 is 4.74 Å². The molecule has 0 aromatic heterocycles. The van der Waals surface area contributed by atoms with Crippen LogP contribution >= 0.6 is 0 Å². The Morgan fingerprint density at radius 2 is 2.07 bits per heavy atom. The standard InChI is InChI=1S/C11H11NO3/c1-7-8(6-12)4-5-9(14-2)10(7)11(13)15-3/h4-5H,1-3H3. The molecule has 0 spiro atoms. The van der Waals surface area contributed by atoms with Crippen molar-refractivity contribution in [1.29, 1.82) is 5.26 Å². The average Bonchev–Trinajstić information content (AvgIpc) is 2.27. The molecule has 1 rings (SSSR count). The van der Waals surface area contributed by atoms with E-state index >= 15 is 0 Å². The maximum atomic E-state index is 11.5. The SMILES string of the molecule is COC(=O)c1c(OC)ccc(C#N)c1C. The van der Waals surface area contributed by atoms with Crippen LogP contribution in [0.3, 0.4) is 0 Å². The van der Waals surface area contributed by atoms with Crippen LogP contribution in [0, 0.1) is 18.3 Å². The number of rotatable bonds is 2. The smallest absolute Gasteiger partial charge is 0.341 e. The first-order valence-electron chi connectivity index (χ1n) is 4.31. The number of methoxy groups -OCH3 is 2. The fourth-order valence-corrected chi connectivity index (χ4v) is 1.33. The van der Waals surface area contributed by atoms with Crippen LogP contribution in [-0.4, -0.2) is 20.2 Å². The number of nitrogens with zero attached hydrogens (tertiary/aromatic N) is 1. The van der Waals surface area contributed by atoms with E-state index in [9.17, 15) is 4.79 Å². The van der Waals surface area contributed by atoms with E-state index in [1.54, 1.807) is 19.1 Å². The molecule has 15 heavy (non-hydrogen) atoms. The molecule has 0 aliphatic carbocycles. The molecule has 1 aromatic rings. The molecule has 0 radical (unpaired) electrons. The molecule has 1 aromatic carbocycles. The molecular weight excluding hydrogens is 194 g/mol. The number of nitriles is 1. The molecule has 0 aliphatic rings. The monoisotopic (exact) mass is 205 g/mol. The van der Waals surface area contributed by atoms with Crippen LogP contribution in [0.1, 0.15) is 21.5 Å². The molecule has 0 atom stereocenters. The molecule has 78 valence electrons. The van der Waals surface area contributed by atoms with Crippen molar-refractivity contribution in [3.05, 3.63) is 28.8 Å².